The molecule has 25 heavy (non-hydrogen) atoms. The number of carbonyl (C=O) groups is 1. The quantitative estimate of drug-likeness (QED) is 0.813. The molecule has 2 saturated heterocycles. The van der Waals surface area contributed by atoms with Crippen LogP contribution in [0.2, 0.25) is 0 Å². The summed E-state index contributed by atoms with van der Waals surface area (Å²) in [6.45, 7) is 5.40. The Kier molecular flexibility index (Phi) is 4.76. The van der Waals surface area contributed by atoms with Gasteiger partial charge in [-0.25, -0.2) is 22.5 Å². The maximum absolute atomic E-state index is 12.0. The zero-order valence-electron chi connectivity index (χ0n) is 14.9. The molecule has 0 unspecified atom stereocenters. The number of ether oxygens (including phenoxy) is 1. The van der Waals surface area contributed by atoms with E-state index in [2.05, 4.69) is 4.98 Å². The molecular formula is C17H25N3O4S. The van der Waals surface area contributed by atoms with Crippen LogP contribution in [0.15, 0.2) is 18.3 Å². The Hall–Kier alpha value is -1.67. The third kappa shape index (κ3) is 3.95. The fourth-order valence-electron chi connectivity index (χ4n) is 3.51. The van der Waals surface area contributed by atoms with Crippen molar-refractivity contribution in [3.8, 4) is 0 Å². The van der Waals surface area contributed by atoms with Gasteiger partial charge in [-0.3, -0.25) is 4.90 Å². The fraction of sp³-hybridized carbons (Fsp3) is 0.647. The van der Waals surface area contributed by atoms with Crippen molar-refractivity contribution in [3.05, 3.63) is 23.9 Å². The summed E-state index contributed by atoms with van der Waals surface area (Å²) in [7, 11) is -3.09. The number of hydrogen-bond donors (Lipinski definition) is 0. The van der Waals surface area contributed by atoms with E-state index in [1.165, 1.54) is 6.26 Å². The van der Waals surface area contributed by atoms with E-state index in [9.17, 15) is 13.2 Å². The first-order chi connectivity index (χ1) is 11.7. The highest BCUT2D eigenvalue weighted by molar-refractivity contribution is 7.88. The van der Waals surface area contributed by atoms with Gasteiger partial charge in [0.2, 0.25) is 10.0 Å². The molecule has 3 heterocycles. The lowest BCUT2D eigenvalue weighted by atomic mass is 9.91. The lowest BCUT2D eigenvalue weighted by molar-refractivity contribution is 0.175. The van der Waals surface area contributed by atoms with Crippen LogP contribution in [0.1, 0.15) is 32.3 Å². The predicted molar refractivity (Wildman–Crippen MR) is 95.0 cm³/mol. The first-order valence-electron chi connectivity index (χ1n) is 8.54. The Labute approximate surface area is 149 Å². The molecule has 0 atom stereocenters. The summed E-state index contributed by atoms with van der Waals surface area (Å²) in [5, 5.41) is 0. The molecular weight excluding hydrogens is 342 g/mol. The van der Waals surface area contributed by atoms with E-state index in [0.717, 1.165) is 24.8 Å². The number of sulfonamides is 1. The van der Waals surface area contributed by atoms with Gasteiger partial charge < -0.3 is 4.74 Å². The van der Waals surface area contributed by atoms with Gasteiger partial charge in [-0.15, -0.1) is 0 Å². The van der Waals surface area contributed by atoms with Crippen LogP contribution in [-0.4, -0.2) is 55.3 Å². The average molecular weight is 367 g/mol. The number of carbonyl (C=O) groups excluding carboxylic acids is 1. The van der Waals surface area contributed by atoms with Crippen molar-refractivity contribution in [2.45, 2.75) is 38.6 Å². The first-order valence-corrected chi connectivity index (χ1v) is 10.4. The Bertz CT molecular complexity index is 755. The highest BCUT2D eigenvalue weighted by atomic mass is 32.2. The van der Waals surface area contributed by atoms with Crippen LogP contribution in [0, 0.1) is 5.92 Å². The Morgan fingerprint density at radius 3 is 2.56 bits per heavy atom. The number of piperidine rings is 1. The molecule has 2 fully saturated rings. The van der Waals surface area contributed by atoms with Gasteiger partial charge in [-0.05, 0) is 56.7 Å². The topological polar surface area (TPSA) is 79.8 Å². The van der Waals surface area contributed by atoms with Crippen LogP contribution >= 0.6 is 0 Å². The molecule has 1 aromatic rings. The van der Waals surface area contributed by atoms with Gasteiger partial charge >= 0.3 is 6.09 Å². The van der Waals surface area contributed by atoms with Gasteiger partial charge in [-0.1, -0.05) is 0 Å². The van der Waals surface area contributed by atoms with Gasteiger partial charge in [0, 0.05) is 19.3 Å². The number of pyridine rings is 1. The lowest BCUT2D eigenvalue weighted by Gasteiger charge is -2.30. The second-order valence-electron chi connectivity index (χ2n) is 7.53. The van der Waals surface area contributed by atoms with E-state index in [4.69, 9.17) is 4.74 Å². The van der Waals surface area contributed by atoms with E-state index in [1.807, 2.05) is 26.0 Å². The molecule has 0 aromatic carbocycles. The number of amides is 1. The molecule has 1 amide bonds. The van der Waals surface area contributed by atoms with Crippen LogP contribution in [0.3, 0.4) is 0 Å². The second kappa shape index (κ2) is 6.57. The van der Waals surface area contributed by atoms with Crippen molar-refractivity contribution < 1.29 is 17.9 Å². The predicted octanol–water partition coefficient (Wildman–Crippen LogP) is 2.03. The fourth-order valence-corrected chi connectivity index (χ4v) is 4.38. The summed E-state index contributed by atoms with van der Waals surface area (Å²) in [6.07, 6.45) is 5.17. The van der Waals surface area contributed by atoms with E-state index >= 15 is 0 Å². The largest absolute Gasteiger partial charge is 0.447 e. The third-order valence-electron chi connectivity index (χ3n) is 4.94. The van der Waals surface area contributed by atoms with Crippen LogP contribution in [0.25, 0.3) is 0 Å². The molecule has 2 aliphatic rings. The SMILES string of the molecule is CC1(C)COC(=O)N1c1cc(CC2CCN(S(C)(=O)=O)CC2)ccn1. The van der Waals surface area contributed by atoms with Crippen molar-refractivity contribution in [2.24, 2.45) is 5.92 Å². The van der Waals surface area contributed by atoms with Gasteiger partial charge in [0.25, 0.3) is 0 Å². The van der Waals surface area contributed by atoms with Gasteiger partial charge in [0.15, 0.2) is 0 Å². The summed E-state index contributed by atoms with van der Waals surface area (Å²) in [5.74, 6) is 1.05. The van der Waals surface area contributed by atoms with Crippen molar-refractivity contribution in [1.82, 2.24) is 9.29 Å². The maximum atomic E-state index is 12.0. The Morgan fingerprint density at radius 2 is 2.00 bits per heavy atom. The Morgan fingerprint density at radius 1 is 1.32 bits per heavy atom. The van der Waals surface area contributed by atoms with Crippen LogP contribution in [0.4, 0.5) is 10.6 Å². The normalized spacial score (nSPS) is 22.2. The van der Waals surface area contributed by atoms with Gasteiger partial charge in [-0.2, -0.15) is 0 Å². The van der Waals surface area contributed by atoms with Crippen LogP contribution in [-0.2, 0) is 21.2 Å². The molecule has 2 aliphatic heterocycles. The van der Waals surface area contributed by atoms with Crippen molar-refractivity contribution in [3.63, 3.8) is 0 Å². The number of anilines is 1. The molecule has 0 bridgehead atoms. The van der Waals surface area contributed by atoms with E-state index in [1.54, 1.807) is 15.4 Å². The lowest BCUT2D eigenvalue weighted by Crippen LogP contribution is -2.42. The standard InChI is InChI=1S/C17H25N3O4S/c1-17(2)12-24-16(21)20(17)15-11-14(4-7-18-15)10-13-5-8-19(9-6-13)25(3,22)23/h4,7,11,13H,5-6,8-10,12H2,1-3H3. The second-order valence-corrected chi connectivity index (χ2v) is 9.52. The molecule has 7 nitrogen and oxygen atoms in total. The summed E-state index contributed by atoms with van der Waals surface area (Å²) in [5.41, 5.74) is 0.696. The van der Waals surface area contributed by atoms with Crippen molar-refractivity contribution in [1.29, 1.82) is 0 Å². The van der Waals surface area contributed by atoms with Gasteiger partial charge in [0.05, 0.1) is 11.8 Å². The Balaban J connectivity index is 1.68. The molecule has 138 valence electrons. The summed E-state index contributed by atoms with van der Waals surface area (Å²) < 4.78 is 29.9. The first kappa shape index (κ1) is 18.1. The molecule has 0 N–H and O–H groups in total. The minimum Gasteiger partial charge on any atom is -0.447 e. The number of aromatic nitrogens is 1. The maximum Gasteiger partial charge on any atom is 0.416 e. The highest BCUT2D eigenvalue weighted by Gasteiger charge is 2.41. The molecule has 0 saturated carbocycles. The van der Waals surface area contributed by atoms with Crippen LogP contribution in [0.5, 0.6) is 0 Å². The van der Waals surface area contributed by atoms with Gasteiger partial charge in [0.1, 0.15) is 12.4 Å². The molecule has 3 rings (SSSR count). The third-order valence-corrected chi connectivity index (χ3v) is 6.25. The van der Waals surface area contributed by atoms with Crippen molar-refractivity contribution >= 4 is 21.9 Å². The number of rotatable bonds is 4. The summed E-state index contributed by atoms with van der Waals surface area (Å²) in [4.78, 5) is 18.0. The molecule has 0 radical (unpaired) electrons. The molecule has 0 aliphatic carbocycles. The number of cyclic esters (lactones) is 1. The van der Waals surface area contributed by atoms with Crippen LogP contribution < -0.4 is 4.90 Å². The average Bonchev–Trinajstić information content (AvgIpc) is 2.80. The summed E-state index contributed by atoms with van der Waals surface area (Å²) >= 11 is 0. The molecule has 1 aromatic heterocycles. The zero-order valence-corrected chi connectivity index (χ0v) is 15.8. The van der Waals surface area contributed by atoms with E-state index in [0.29, 0.717) is 31.4 Å². The smallest absolute Gasteiger partial charge is 0.416 e. The highest BCUT2D eigenvalue weighted by Crippen LogP contribution is 2.30. The summed E-state index contributed by atoms with van der Waals surface area (Å²) in [6, 6.07) is 3.90. The number of hydrogen-bond acceptors (Lipinski definition) is 5. The molecule has 8 heteroatoms. The zero-order chi connectivity index (χ0) is 18.2. The van der Waals surface area contributed by atoms with Crippen molar-refractivity contribution in [2.75, 3.05) is 30.9 Å². The monoisotopic (exact) mass is 367 g/mol. The molecule has 0 spiro atoms. The minimum atomic E-state index is -3.09. The van der Waals surface area contributed by atoms with E-state index in [-0.39, 0.29) is 6.09 Å². The minimum absolute atomic E-state index is 0.349. The number of nitrogens with zero attached hydrogens (tertiary/aromatic N) is 3. The van der Waals surface area contributed by atoms with E-state index < -0.39 is 15.6 Å².